The molecule has 0 bridgehead atoms. The average Bonchev–Trinajstić information content (AvgIpc) is 2.15. The molecule has 0 rings (SSSR count). The smallest absolute Gasteiger partial charge is 0.303 e. The molecule has 0 heterocycles. The van der Waals surface area contributed by atoms with Gasteiger partial charge in [0.05, 0.1) is 6.61 Å². The molecule has 0 aliphatic rings. The minimum atomic E-state index is -0.878. The van der Waals surface area contributed by atoms with Crippen molar-refractivity contribution in [1.82, 2.24) is 5.32 Å². The maximum Gasteiger partial charge on any atom is 0.303 e. The summed E-state index contributed by atoms with van der Waals surface area (Å²) in [4.78, 5) is 21.6. The number of amides is 1. The standard InChI is InChI=1S/C9H18N2O4/c1-6(3-4-8(12)13)11-9(14)7(10)5-15-2/h6-7H,3-5,10H2,1-2H3,(H,11,14)(H,12,13). The lowest BCUT2D eigenvalue weighted by Crippen LogP contribution is -2.46. The van der Waals surface area contributed by atoms with Crippen molar-refractivity contribution in [3.05, 3.63) is 0 Å². The molecule has 0 fully saturated rings. The number of carboxylic acid groups (broad SMARTS) is 1. The van der Waals surface area contributed by atoms with Crippen molar-refractivity contribution in [1.29, 1.82) is 0 Å². The van der Waals surface area contributed by atoms with E-state index in [0.29, 0.717) is 6.42 Å². The SMILES string of the molecule is COCC(N)C(=O)NC(C)CCC(=O)O. The summed E-state index contributed by atoms with van der Waals surface area (Å²) >= 11 is 0. The van der Waals surface area contributed by atoms with Crippen LogP contribution in [0.1, 0.15) is 19.8 Å². The molecule has 0 aliphatic carbocycles. The molecule has 0 saturated carbocycles. The summed E-state index contributed by atoms with van der Waals surface area (Å²) in [6.07, 6.45) is 0.418. The molecule has 0 aromatic carbocycles. The Balaban J connectivity index is 3.79. The number of rotatable bonds is 7. The Labute approximate surface area is 88.8 Å². The monoisotopic (exact) mass is 218 g/mol. The van der Waals surface area contributed by atoms with Gasteiger partial charge >= 0.3 is 5.97 Å². The minimum Gasteiger partial charge on any atom is -0.481 e. The third kappa shape index (κ3) is 6.87. The molecule has 1 amide bonds. The highest BCUT2D eigenvalue weighted by molar-refractivity contribution is 5.81. The van der Waals surface area contributed by atoms with Crippen LogP contribution in [0.2, 0.25) is 0 Å². The summed E-state index contributed by atoms with van der Waals surface area (Å²) < 4.78 is 4.72. The molecule has 15 heavy (non-hydrogen) atoms. The van der Waals surface area contributed by atoms with E-state index in [1.54, 1.807) is 6.92 Å². The first-order valence-electron chi connectivity index (χ1n) is 4.74. The molecule has 0 aliphatic heterocycles. The van der Waals surface area contributed by atoms with E-state index in [1.807, 2.05) is 0 Å². The fourth-order valence-electron chi connectivity index (χ4n) is 1.02. The number of carbonyl (C=O) groups is 2. The molecule has 2 unspecified atom stereocenters. The van der Waals surface area contributed by atoms with Gasteiger partial charge in [0, 0.05) is 19.6 Å². The number of nitrogens with one attached hydrogen (secondary N) is 1. The zero-order valence-electron chi connectivity index (χ0n) is 9.03. The van der Waals surface area contributed by atoms with E-state index in [0.717, 1.165) is 0 Å². The van der Waals surface area contributed by atoms with Crippen LogP contribution >= 0.6 is 0 Å². The van der Waals surface area contributed by atoms with Crippen LogP contribution in [0.4, 0.5) is 0 Å². The van der Waals surface area contributed by atoms with Crippen LogP contribution in [0, 0.1) is 0 Å². The van der Waals surface area contributed by atoms with E-state index < -0.39 is 12.0 Å². The topological polar surface area (TPSA) is 102 Å². The van der Waals surface area contributed by atoms with Gasteiger partial charge in [0.1, 0.15) is 6.04 Å². The highest BCUT2D eigenvalue weighted by Crippen LogP contribution is 1.96. The Kier molecular flexibility index (Phi) is 6.64. The van der Waals surface area contributed by atoms with Crippen molar-refractivity contribution < 1.29 is 19.4 Å². The molecule has 88 valence electrons. The van der Waals surface area contributed by atoms with E-state index >= 15 is 0 Å². The number of carboxylic acids is 1. The molecule has 6 nitrogen and oxygen atoms in total. The second-order valence-corrected chi connectivity index (χ2v) is 3.40. The summed E-state index contributed by atoms with van der Waals surface area (Å²) in [6, 6.07) is -0.904. The second kappa shape index (κ2) is 7.19. The van der Waals surface area contributed by atoms with Crippen molar-refractivity contribution in [2.75, 3.05) is 13.7 Å². The normalized spacial score (nSPS) is 14.3. The Morgan fingerprint density at radius 3 is 2.60 bits per heavy atom. The number of carbonyl (C=O) groups excluding carboxylic acids is 1. The van der Waals surface area contributed by atoms with Crippen LogP contribution < -0.4 is 11.1 Å². The van der Waals surface area contributed by atoms with Crippen molar-refractivity contribution in [3.8, 4) is 0 Å². The minimum absolute atomic E-state index is 0.0287. The van der Waals surface area contributed by atoms with Crippen LogP contribution in [0.5, 0.6) is 0 Å². The Hall–Kier alpha value is -1.14. The average molecular weight is 218 g/mol. The van der Waals surface area contributed by atoms with Crippen molar-refractivity contribution >= 4 is 11.9 Å². The van der Waals surface area contributed by atoms with Crippen LogP contribution in [0.3, 0.4) is 0 Å². The number of hydrogen-bond acceptors (Lipinski definition) is 4. The van der Waals surface area contributed by atoms with E-state index in [-0.39, 0.29) is 25.0 Å². The first-order chi connectivity index (χ1) is 6.97. The largest absolute Gasteiger partial charge is 0.481 e. The molecule has 0 aromatic rings. The predicted molar refractivity (Wildman–Crippen MR) is 54.3 cm³/mol. The summed E-state index contributed by atoms with van der Waals surface area (Å²) in [5.41, 5.74) is 5.48. The van der Waals surface area contributed by atoms with Gasteiger partial charge in [-0.2, -0.15) is 0 Å². The van der Waals surface area contributed by atoms with E-state index in [1.165, 1.54) is 7.11 Å². The van der Waals surface area contributed by atoms with Gasteiger partial charge in [-0.3, -0.25) is 9.59 Å². The Morgan fingerprint density at radius 2 is 2.13 bits per heavy atom. The molecular formula is C9H18N2O4. The summed E-state index contributed by atoms with van der Waals surface area (Å²) in [7, 11) is 1.46. The van der Waals surface area contributed by atoms with Crippen LogP contribution in [-0.4, -0.2) is 42.8 Å². The maximum absolute atomic E-state index is 11.3. The highest BCUT2D eigenvalue weighted by atomic mass is 16.5. The van der Waals surface area contributed by atoms with Gasteiger partial charge in [0.15, 0.2) is 0 Å². The number of hydrogen-bond donors (Lipinski definition) is 3. The van der Waals surface area contributed by atoms with Crippen molar-refractivity contribution in [2.24, 2.45) is 5.73 Å². The third-order valence-electron chi connectivity index (χ3n) is 1.86. The summed E-state index contributed by atoms with van der Waals surface area (Å²) in [5.74, 6) is -1.20. The molecule has 0 spiro atoms. The van der Waals surface area contributed by atoms with Crippen molar-refractivity contribution in [2.45, 2.75) is 31.8 Å². The Morgan fingerprint density at radius 1 is 1.53 bits per heavy atom. The van der Waals surface area contributed by atoms with Crippen LogP contribution in [-0.2, 0) is 14.3 Å². The molecule has 4 N–H and O–H groups in total. The molecular weight excluding hydrogens is 200 g/mol. The zero-order chi connectivity index (χ0) is 11.8. The second-order valence-electron chi connectivity index (χ2n) is 3.40. The lowest BCUT2D eigenvalue weighted by atomic mass is 10.1. The van der Waals surface area contributed by atoms with Gasteiger partial charge in [-0.1, -0.05) is 0 Å². The van der Waals surface area contributed by atoms with E-state index in [9.17, 15) is 9.59 Å². The number of aliphatic carboxylic acids is 1. The van der Waals surface area contributed by atoms with Gasteiger partial charge in [-0.05, 0) is 13.3 Å². The number of nitrogens with two attached hydrogens (primary N) is 1. The Bertz CT molecular complexity index is 220. The number of ether oxygens (including phenoxy) is 1. The van der Waals surface area contributed by atoms with E-state index in [2.05, 4.69) is 5.32 Å². The van der Waals surface area contributed by atoms with Crippen LogP contribution in [0.15, 0.2) is 0 Å². The van der Waals surface area contributed by atoms with Gasteiger partial charge in [0.25, 0.3) is 0 Å². The fourth-order valence-corrected chi connectivity index (χ4v) is 1.02. The zero-order valence-corrected chi connectivity index (χ0v) is 9.03. The number of methoxy groups -OCH3 is 1. The fraction of sp³-hybridized carbons (Fsp3) is 0.778. The van der Waals surface area contributed by atoms with Gasteiger partial charge in [-0.25, -0.2) is 0 Å². The molecule has 0 radical (unpaired) electrons. The molecule has 2 atom stereocenters. The van der Waals surface area contributed by atoms with Gasteiger partial charge in [-0.15, -0.1) is 0 Å². The quantitative estimate of drug-likeness (QED) is 0.526. The van der Waals surface area contributed by atoms with Crippen LogP contribution in [0.25, 0.3) is 0 Å². The molecule has 6 heteroatoms. The van der Waals surface area contributed by atoms with Gasteiger partial charge < -0.3 is 20.9 Å². The lowest BCUT2D eigenvalue weighted by molar-refractivity contribution is -0.137. The molecule has 0 aromatic heterocycles. The van der Waals surface area contributed by atoms with Crippen molar-refractivity contribution in [3.63, 3.8) is 0 Å². The maximum atomic E-state index is 11.3. The molecule has 0 saturated heterocycles. The third-order valence-corrected chi connectivity index (χ3v) is 1.86. The first kappa shape index (κ1) is 13.9. The predicted octanol–water partition coefficient (Wildman–Crippen LogP) is -0.670. The van der Waals surface area contributed by atoms with Gasteiger partial charge in [0.2, 0.25) is 5.91 Å². The highest BCUT2D eigenvalue weighted by Gasteiger charge is 2.15. The first-order valence-corrected chi connectivity index (χ1v) is 4.74. The van der Waals surface area contributed by atoms with E-state index in [4.69, 9.17) is 15.6 Å². The summed E-state index contributed by atoms with van der Waals surface area (Å²) in [5, 5.41) is 11.0. The lowest BCUT2D eigenvalue weighted by Gasteiger charge is -2.16. The summed E-state index contributed by atoms with van der Waals surface area (Å²) in [6.45, 7) is 1.89.